The Morgan fingerprint density at radius 2 is 1.00 bits per heavy atom. The molecule has 0 fully saturated rings. The van der Waals surface area contributed by atoms with E-state index in [-0.39, 0.29) is 55.6 Å². The van der Waals surface area contributed by atoms with Gasteiger partial charge >= 0.3 is 62.9 Å². The van der Waals surface area contributed by atoms with Crippen LogP contribution in [0.4, 0.5) is 0 Å². The topological polar surface area (TPSA) is 60.7 Å². The van der Waals surface area contributed by atoms with Crippen LogP contribution in [0.2, 0.25) is 0 Å². The molecule has 6 heteroatoms. The fourth-order valence-electron chi connectivity index (χ4n) is 0. The van der Waals surface area contributed by atoms with Crippen molar-refractivity contribution in [2.75, 3.05) is 0 Å². The summed E-state index contributed by atoms with van der Waals surface area (Å²) in [6.07, 6.45) is 0. The molecule has 0 spiro atoms. The molecule has 0 aromatic heterocycles. The third-order valence-corrected chi connectivity index (χ3v) is 0. The van der Waals surface area contributed by atoms with E-state index in [0.29, 0.717) is 0 Å². The van der Waals surface area contributed by atoms with Gasteiger partial charge in [0.25, 0.3) is 0 Å². The third-order valence-electron chi connectivity index (χ3n) is 0. The Bertz CT molecular complexity index is 15.5. The molecular formula is H7BBeO3Sr. The molecule has 0 heterocycles. The van der Waals surface area contributed by atoms with Gasteiger partial charge in [0, 0.05) is 0 Å². The molecule has 0 unspecified atom stereocenters. The molecule has 0 aliphatic heterocycles. The molecule has 0 radical (unpaired) electrons. The molecule has 0 bridgehead atoms. The fourth-order valence-corrected chi connectivity index (χ4v) is 0. The van der Waals surface area contributed by atoms with Crippen molar-refractivity contribution in [3.63, 3.8) is 0 Å². The van der Waals surface area contributed by atoms with Gasteiger partial charge in [0.2, 0.25) is 0 Å². The first-order valence-corrected chi connectivity index (χ1v) is 0.775. The molecule has 0 atom stereocenters. The van der Waals surface area contributed by atoms with Gasteiger partial charge in [-0.05, 0) is 0 Å². The van der Waals surface area contributed by atoms with E-state index in [9.17, 15) is 0 Å². The second kappa shape index (κ2) is 9.78. The molecule has 32 valence electrons. The van der Waals surface area contributed by atoms with Gasteiger partial charge in [0.15, 0.2) is 0 Å². The Morgan fingerprint density at radius 3 is 1.00 bits per heavy atom. The summed E-state index contributed by atoms with van der Waals surface area (Å²) in [5.74, 6) is 0. The molecule has 0 aromatic rings. The van der Waals surface area contributed by atoms with Gasteiger partial charge in [0.05, 0.1) is 0 Å². The van der Waals surface area contributed by atoms with Crippen molar-refractivity contribution >= 4 is 62.9 Å². The van der Waals surface area contributed by atoms with Crippen molar-refractivity contribution in [3.8, 4) is 0 Å². The van der Waals surface area contributed by atoms with E-state index >= 15 is 0 Å². The molecular weight excluding hydrogens is 155 g/mol. The monoisotopic (exact) mass is 163 g/mol. The van der Waals surface area contributed by atoms with Gasteiger partial charge in [0.1, 0.15) is 0 Å². The molecule has 6 heavy (non-hydrogen) atoms. The van der Waals surface area contributed by atoms with Gasteiger partial charge in [-0.25, -0.2) is 0 Å². The van der Waals surface area contributed by atoms with Crippen LogP contribution < -0.4 is 0 Å². The summed E-state index contributed by atoms with van der Waals surface area (Å²) in [7, 11) is -2.17. The molecule has 0 amide bonds. The fraction of sp³-hybridized carbons (Fsp3) is 0. The van der Waals surface area contributed by atoms with Crippen molar-refractivity contribution in [1.82, 2.24) is 0 Å². The van der Waals surface area contributed by atoms with Gasteiger partial charge in [-0.3, -0.25) is 0 Å². The van der Waals surface area contributed by atoms with E-state index in [1.807, 2.05) is 0 Å². The number of rotatable bonds is 0. The van der Waals surface area contributed by atoms with Gasteiger partial charge in [-0.2, -0.15) is 0 Å². The summed E-state index contributed by atoms with van der Waals surface area (Å²) >= 11 is 0. The predicted molar refractivity (Wildman–Crippen MR) is 29.5 cm³/mol. The molecule has 3 N–H and O–H groups in total. The average Bonchev–Trinajstić information content (AvgIpc) is 0.811. The number of hydrogen-bond acceptors (Lipinski definition) is 3. The molecule has 0 aliphatic rings. The zero-order valence-electron chi connectivity index (χ0n) is 1.92. The predicted octanol–water partition coefficient (Wildman–Crippen LogP) is -3.88. The van der Waals surface area contributed by atoms with Crippen LogP contribution in [0.25, 0.3) is 0 Å². The van der Waals surface area contributed by atoms with Crippen LogP contribution in [0.3, 0.4) is 0 Å². The zero-order valence-corrected chi connectivity index (χ0v) is 1.92. The molecule has 0 saturated heterocycles. The minimum atomic E-state index is -2.17. The van der Waals surface area contributed by atoms with Crippen molar-refractivity contribution in [2.24, 2.45) is 0 Å². The van der Waals surface area contributed by atoms with Crippen molar-refractivity contribution in [3.05, 3.63) is 0 Å². The average molecular weight is 162 g/mol. The molecule has 0 saturated carbocycles. The van der Waals surface area contributed by atoms with Crippen LogP contribution in [-0.2, 0) is 0 Å². The first-order chi connectivity index (χ1) is 1.73. The van der Waals surface area contributed by atoms with Crippen LogP contribution in [0.15, 0.2) is 0 Å². The van der Waals surface area contributed by atoms with Crippen molar-refractivity contribution in [2.45, 2.75) is 0 Å². The normalized spacial score (nSPS) is 4.50. The van der Waals surface area contributed by atoms with Crippen LogP contribution in [-0.4, -0.2) is 78.0 Å². The van der Waals surface area contributed by atoms with E-state index in [1.54, 1.807) is 0 Å². The van der Waals surface area contributed by atoms with Crippen LogP contribution in [0, 0.1) is 0 Å². The van der Waals surface area contributed by atoms with Crippen LogP contribution >= 0.6 is 0 Å². The second-order valence-electron chi connectivity index (χ2n) is 0.346. The van der Waals surface area contributed by atoms with E-state index in [4.69, 9.17) is 15.1 Å². The van der Waals surface area contributed by atoms with Crippen molar-refractivity contribution < 1.29 is 15.1 Å². The first kappa shape index (κ1) is 15.6. The maximum absolute atomic E-state index is 7.17. The molecule has 0 aromatic carbocycles. The SMILES string of the molecule is OB(O)O.[BeH2].[SrH2]. The Labute approximate surface area is 77.0 Å². The summed E-state index contributed by atoms with van der Waals surface area (Å²) in [4.78, 5) is 0. The second-order valence-corrected chi connectivity index (χ2v) is 0.346. The van der Waals surface area contributed by atoms with Gasteiger partial charge in [-0.1, -0.05) is 0 Å². The van der Waals surface area contributed by atoms with E-state index < -0.39 is 7.32 Å². The van der Waals surface area contributed by atoms with Crippen molar-refractivity contribution in [1.29, 1.82) is 0 Å². The Morgan fingerprint density at radius 1 is 1.00 bits per heavy atom. The van der Waals surface area contributed by atoms with Crippen LogP contribution in [0.5, 0.6) is 0 Å². The van der Waals surface area contributed by atoms with Crippen LogP contribution in [0.1, 0.15) is 0 Å². The minimum absolute atomic E-state index is 0. The first-order valence-electron chi connectivity index (χ1n) is 0.775. The number of hydrogen-bond donors (Lipinski definition) is 3. The summed E-state index contributed by atoms with van der Waals surface area (Å²) < 4.78 is 0. The third kappa shape index (κ3) is 46.5. The van der Waals surface area contributed by atoms with E-state index in [0.717, 1.165) is 0 Å². The quantitative estimate of drug-likeness (QED) is 0.319. The standard InChI is InChI=1S/BH3O3.Be.Sr.4H/c2-1(3)4;;;;;;/h2-4H;;;;;;. The molecule has 0 rings (SSSR count). The Kier molecular flexibility index (Phi) is 25.5. The molecule has 3 nitrogen and oxygen atoms in total. The Hall–Kier alpha value is 1.59. The summed E-state index contributed by atoms with van der Waals surface area (Å²) in [5, 5.41) is 21.5. The van der Waals surface area contributed by atoms with E-state index in [1.165, 1.54) is 0 Å². The van der Waals surface area contributed by atoms with E-state index in [2.05, 4.69) is 0 Å². The maximum atomic E-state index is 7.17. The van der Waals surface area contributed by atoms with Gasteiger partial charge in [-0.15, -0.1) is 0 Å². The molecule has 0 aliphatic carbocycles. The zero-order chi connectivity index (χ0) is 3.58. The Balaban J connectivity index is -0.0000000450. The summed E-state index contributed by atoms with van der Waals surface area (Å²) in [5.41, 5.74) is 0. The summed E-state index contributed by atoms with van der Waals surface area (Å²) in [6.45, 7) is 0. The van der Waals surface area contributed by atoms with Gasteiger partial charge < -0.3 is 15.1 Å². The summed E-state index contributed by atoms with van der Waals surface area (Å²) in [6, 6.07) is 0.